The second kappa shape index (κ2) is 5.61. The largest absolute Gasteiger partial charge is 0.381 e. The zero-order chi connectivity index (χ0) is 12.3. The Labute approximate surface area is 102 Å². The van der Waals surface area contributed by atoms with E-state index in [4.69, 9.17) is 4.74 Å². The van der Waals surface area contributed by atoms with Gasteiger partial charge in [-0.2, -0.15) is 0 Å². The lowest BCUT2D eigenvalue weighted by Crippen LogP contribution is -2.46. The highest BCUT2D eigenvalue weighted by Gasteiger charge is 2.30. The number of ether oxygens (including phenoxy) is 1. The molecule has 0 aromatic heterocycles. The fourth-order valence-electron chi connectivity index (χ4n) is 2.32. The summed E-state index contributed by atoms with van der Waals surface area (Å²) in [5.41, 5.74) is 1.16. The Bertz CT molecular complexity index is 346. The third-order valence-electron chi connectivity index (χ3n) is 3.55. The summed E-state index contributed by atoms with van der Waals surface area (Å²) in [5.74, 6) is -0.174. The van der Waals surface area contributed by atoms with Gasteiger partial charge in [-0.15, -0.1) is 0 Å². The van der Waals surface area contributed by atoms with Crippen molar-refractivity contribution in [3.8, 4) is 0 Å². The van der Waals surface area contributed by atoms with Crippen LogP contribution in [0.25, 0.3) is 0 Å². The smallest absolute Gasteiger partial charge is 0.123 e. The molecule has 17 heavy (non-hydrogen) atoms. The highest BCUT2D eigenvalue weighted by atomic mass is 19.1. The third-order valence-corrected chi connectivity index (χ3v) is 3.55. The molecule has 1 fully saturated rings. The van der Waals surface area contributed by atoms with Crippen molar-refractivity contribution >= 4 is 0 Å². The second-order valence-corrected chi connectivity index (χ2v) is 4.71. The minimum absolute atomic E-state index is 0.174. The van der Waals surface area contributed by atoms with Crippen molar-refractivity contribution in [1.82, 2.24) is 5.32 Å². The molecule has 1 aromatic carbocycles. The minimum atomic E-state index is -0.174. The number of methoxy groups -OCH3 is 1. The molecule has 0 heterocycles. The molecule has 0 radical (unpaired) electrons. The molecule has 0 spiro atoms. The van der Waals surface area contributed by atoms with E-state index in [1.54, 1.807) is 7.11 Å². The quantitative estimate of drug-likeness (QED) is 0.850. The molecule has 0 aliphatic heterocycles. The van der Waals surface area contributed by atoms with Gasteiger partial charge >= 0.3 is 0 Å². The number of hydrogen-bond acceptors (Lipinski definition) is 2. The highest BCUT2D eigenvalue weighted by molar-refractivity contribution is 5.20. The summed E-state index contributed by atoms with van der Waals surface area (Å²) in [6.45, 7) is 2.15. The lowest BCUT2D eigenvalue weighted by molar-refractivity contribution is 0.0139. The first kappa shape index (κ1) is 12.5. The molecular weight excluding hydrogens is 217 g/mol. The summed E-state index contributed by atoms with van der Waals surface area (Å²) in [4.78, 5) is 0. The van der Waals surface area contributed by atoms with E-state index in [1.807, 2.05) is 12.1 Å². The lowest BCUT2D eigenvalue weighted by atomic mass is 9.87. The molecule has 0 saturated heterocycles. The molecule has 3 heteroatoms. The maximum atomic E-state index is 12.9. The predicted molar refractivity (Wildman–Crippen MR) is 66.4 cm³/mol. The van der Waals surface area contributed by atoms with Gasteiger partial charge in [0.15, 0.2) is 0 Å². The predicted octanol–water partition coefficient (Wildman–Crippen LogP) is 3.04. The normalized spacial score (nSPS) is 25.4. The van der Waals surface area contributed by atoms with E-state index in [-0.39, 0.29) is 5.82 Å². The van der Waals surface area contributed by atoms with E-state index in [1.165, 1.54) is 12.1 Å². The van der Waals surface area contributed by atoms with Crippen molar-refractivity contribution < 1.29 is 9.13 Å². The zero-order valence-corrected chi connectivity index (χ0v) is 10.4. The molecule has 1 atom stereocenters. The number of benzene rings is 1. The monoisotopic (exact) mass is 237 g/mol. The van der Waals surface area contributed by atoms with Crippen LogP contribution in [0.15, 0.2) is 24.3 Å². The van der Waals surface area contributed by atoms with Crippen molar-refractivity contribution in [2.45, 2.75) is 44.4 Å². The third kappa shape index (κ3) is 3.05. The maximum absolute atomic E-state index is 12.9. The first-order chi connectivity index (χ1) is 8.22. The lowest BCUT2D eigenvalue weighted by Gasteiger charge is -2.37. The van der Waals surface area contributed by atoms with Crippen LogP contribution in [0.3, 0.4) is 0 Å². The highest BCUT2D eigenvalue weighted by Crippen LogP contribution is 2.27. The van der Waals surface area contributed by atoms with Gasteiger partial charge in [-0.05, 0) is 37.0 Å². The van der Waals surface area contributed by atoms with Crippen LogP contribution in [0.5, 0.6) is 0 Å². The van der Waals surface area contributed by atoms with Gasteiger partial charge < -0.3 is 10.1 Å². The summed E-state index contributed by atoms with van der Waals surface area (Å²) >= 11 is 0. The molecule has 1 unspecified atom stereocenters. The van der Waals surface area contributed by atoms with Gasteiger partial charge in [-0.1, -0.05) is 19.1 Å². The summed E-state index contributed by atoms with van der Waals surface area (Å²) in [6.07, 6.45) is 3.58. The molecule has 2 nitrogen and oxygen atoms in total. The average Bonchev–Trinajstić information content (AvgIpc) is 2.29. The number of hydrogen-bond donors (Lipinski definition) is 1. The Balaban J connectivity index is 1.91. The molecule has 0 bridgehead atoms. The van der Waals surface area contributed by atoms with Gasteiger partial charge in [0.1, 0.15) is 5.82 Å². The fourth-order valence-corrected chi connectivity index (χ4v) is 2.32. The molecule has 1 saturated carbocycles. The Kier molecular flexibility index (Phi) is 4.13. The van der Waals surface area contributed by atoms with Crippen LogP contribution in [0.4, 0.5) is 4.39 Å². The number of rotatable bonds is 5. The molecule has 1 aromatic rings. The molecule has 0 amide bonds. The van der Waals surface area contributed by atoms with Gasteiger partial charge in [0.25, 0.3) is 0 Å². The van der Waals surface area contributed by atoms with Crippen LogP contribution in [-0.4, -0.2) is 19.3 Å². The molecule has 94 valence electrons. The number of nitrogens with one attached hydrogen (secondary N) is 1. The van der Waals surface area contributed by atoms with Crippen molar-refractivity contribution in [3.05, 3.63) is 35.6 Å². The van der Waals surface area contributed by atoms with E-state index >= 15 is 0 Å². The van der Waals surface area contributed by atoms with Crippen molar-refractivity contribution in [2.24, 2.45) is 0 Å². The van der Waals surface area contributed by atoms with E-state index < -0.39 is 0 Å². The van der Waals surface area contributed by atoms with Gasteiger partial charge in [0, 0.05) is 19.2 Å². The van der Waals surface area contributed by atoms with Crippen LogP contribution in [0.2, 0.25) is 0 Å². The van der Waals surface area contributed by atoms with Gasteiger partial charge in [0.05, 0.1) is 6.10 Å². The Morgan fingerprint density at radius 1 is 1.35 bits per heavy atom. The zero-order valence-electron chi connectivity index (χ0n) is 10.4. The first-order valence-corrected chi connectivity index (χ1v) is 6.27. The second-order valence-electron chi connectivity index (χ2n) is 4.71. The Morgan fingerprint density at radius 3 is 2.53 bits per heavy atom. The standard InChI is InChI=1S/C14H20FNO/c1-3-14(10-4-6-11(15)7-5-10)16-12-8-13(9-12)17-2/h4-7,12-14,16H,3,8-9H2,1-2H3. The minimum Gasteiger partial charge on any atom is -0.381 e. The van der Waals surface area contributed by atoms with Crippen molar-refractivity contribution in [3.63, 3.8) is 0 Å². The van der Waals surface area contributed by atoms with E-state index in [2.05, 4.69) is 12.2 Å². The Morgan fingerprint density at radius 2 is 2.00 bits per heavy atom. The van der Waals surface area contributed by atoms with Gasteiger partial charge in [0.2, 0.25) is 0 Å². The summed E-state index contributed by atoms with van der Waals surface area (Å²) in [6, 6.07) is 7.64. The van der Waals surface area contributed by atoms with Crippen LogP contribution in [-0.2, 0) is 4.74 Å². The number of halogens is 1. The first-order valence-electron chi connectivity index (χ1n) is 6.27. The van der Waals surface area contributed by atoms with Crippen molar-refractivity contribution in [2.75, 3.05) is 7.11 Å². The molecular formula is C14H20FNO. The van der Waals surface area contributed by atoms with E-state index in [0.29, 0.717) is 18.2 Å². The van der Waals surface area contributed by atoms with Gasteiger partial charge in [-0.3, -0.25) is 0 Å². The maximum Gasteiger partial charge on any atom is 0.123 e. The molecule has 2 rings (SSSR count). The average molecular weight is 237 g/mol. The summed E-state index contributed by atoms with van der Waals surface area (Å²) in [5, 5.41) is 3.60. The molecule has 1 aliphatic carbocycles. The van der Waals surface area contributed by atoms with Gasteiger partial charge in [-0.25, -0.2) is 4.39 Å². The summed E-state index contributed by atoms with van der Waals surface area (Å²) in [7, 11) is 1.76. The van der Waals surface area contributed by atoms with Crippen LogP contribution < -0.4 is 5.32 Å². The molecule has 1 aliphatic rings. The summed E-state index contributed by atoms with van der Waals surface area (Å²) < 4.78 is 18.1. The fraction of sp³-hybridized carbons (Fsp3) is 0.571. The van der Waals surface area contributed by atoms with Crippen LogP contribution in [0, 0.1) is 5.82 Å². The van der Waals surface area contributed by atoms with Crippen LogP contribution in [0.1, 0.15) is 37.8 Å². The Hall–Kier alpha value is -0.930. The van der Waals surface area contributed by atoms with Crippen molar-refractivity contribution in [1.29, 1.82) is 0 Å². The van der Waals surface area contributed by atoms with Crippen LogP contribution >= 0.6 is 0 Å². The SMILES string of the molecule is CCC(NC1CC(OC)C1)c1ccc(F)cc1. The molecule has 1 N–H and O–H groups in total. The topological polar surface area (TPSA) is 21.3 Å². The van der Waals surface area contributed by atoms with E-state index in [9.17, 15) is 4.39 Å². The van der Waals surface area contributed by atoms with E-state index in [0.717, 1.165) is 24.8 Å².